The van der Waals surface area contributed by atoms with Gasteiger partial charge in [-0.05, 0) is 95.5 Å². The Labute approximate surface area is 451 Å². The summed E-state index contributed by atoms with van der Waals surface area (Å²) in [7, 11) is 2.96. The number of carbonyl (C=O) groups excluding carboxylic acids is 8. The van der Waals surface area contributed by atoms with E-state index in [2.05, 4.69) is 20.9 Å². The van der Waals surface area contributed by atoms with Crippen molar-refractivity contribution in [1.29, 1.82) is 0 Å². The van der Waals surface area contributed by atoms with E-state index in [1.165, 1.54) is 50.3 Å². The summed E-state index contributed by atoms with van der Waals surface area (Å²) >= 11 is 0. The number of amides is 8. The van der Waals surface area contributed by atoms with Crippen molar-refractivity contribution in [3.63, 3.8) is 0 Å². The van der Waals surface area contributed by atoms with Crippen molar-refractivity contribution in [1.82, 2.24) is 25.3 Å². The van der Waals surface area contributed by atoms with E-state index < -0.39 is 42.1 Å². The molecule has 8 rings (SSSR count). The maximum absolute atomic E-state index is 14.1. The normalized spacial score (nSPS) is 18.5. The average molecular weight is 1070 g/mol. The average Bonchev–Trinajstić information content (AvgIpc) is 4.23. The second-order valence-corrected chi connectivity index (χ2v) is 19.6. The fourth-order valence-electron chi connectivity index (χ4n) is 9.58. The van der Waals surface area contributed by atoms with Crippen LogP contribution in [0, 0.1) is 0 Å². The van der Waals surface area contributed by atoms with Crippen LogP contribution >= 0.6 is 0 Å². The van der Waals surface area contributed by atoms with Gasteiger partial charge in [0.1, 0.15) is 12.6 Å². The van der Waals surface area contributed by atoms with E-state index >= 15 is 0 Å². The molecule has 0 saturated heterocycles. The highest BCUT2D eigenvalue weighted by Crippen LogP contribution is 2.43. The van der Waals surface area contributed by atoms with Crippen LogP contribution in [0.4, 0.5) is 21.9 Å². The summed E-state index contributed by atoms with van der Waals surface area (Å²) in [4.78, 5) is 113. The number of imide groups is 1. The fraction of sp³-hybridized carbons (Fsp3) is 0.411. The van der Waals surface area contributed by atoms with Gasteiger partial charge in [0, 0.05) is 61.6 Å². The highest BCUT2D eigenvalue weighted by atomic mass is 16.6. The summed E-state index contributed by atoms with van der Waals surface area (Å²) in [6.45, 7) is 5.58. The number of ether oxygens (including phenoxy) is 5. The second-order valence-electron chi connectivity index (χ2n) is 19.6. The molecule has 0 aromatic heterocycles. The first-order chi connectivity index (χ1) is 37.5. The summed E-state index contributed by atoms with van der Waals surface area (Å²) in [5.74, 6) is -1.38. The Bertz CT molecular complexity index is 2950. The first-order valence-electron chi connectivity index (χ1n) is 25.9. The summed E-state index contributed by atoms with van der Waals surface area (Å²) in [5.41, 5.74) is 3.96. The lowest BCUT2D eigenvalue weighted by molar-refractivity contribution is -0.137. The molecule has 4 N–H and O–H groups in total. The molecular weight excluding hydrogens is 1010 g/mol. The second kappa shape index (κ2) is 25.1. The van der Waals surface area contributed by atoms with Crippen LogP contribution < -0.4 is 39.8 Å². The van der Waals surface area contributed by atoms with Gasteiger partial charge in [-0.2, -0.15) is 0 Å². The largest absolute Gasteiger partial charge is 0.493 e. The van der Waals surface area contributed by atoms with Crippen LogP contribution in [0.3, 0.4) is 0 Å². The van der Waals surface area contributed by atoms with E-state index in [1.807, 2.05) is 20.0 Å². The van der Waals surface area contributed by atoms with Gasteiger partial charge in [-0.25, -0.2) is 9.69 Å². The highest BCUT2D eigenvalue weighted by molar-refractivity contribution is 6.13. The number of fused-ring (bicyclic) bond motifs is 4. The van der Waals surface area contributed by atoms with E-state index in [1.54, 1.807) is 53.7 Å². The Morgan fingerprint density at radius 1 is 0.744 bits per heavy atom. The van der Waals surface area contributed by atoms with Crippen molar-refractivity contribution in [3.05, 3.63) is 101 Å². The topological polar surface area (TPSA) is 264 Å². The minimum Gasteiger partial charge on any atom is -0.493 e. The first kappa shape index (κ1) is 55.7. The maximum Gasteiger partial charge on any atom is 0.416 e. The maximum atomic E-state index is 14.1. The number of carbonyl (C=O) groups is 8. The van der Waals surface area contributed by atoms with Crippen LogP contribution in [0.1, 0.15) is 105 Å². The zero-order valence-corrected chi connectivity index (χ0v) is 44.2. The standard InChI is InChI=1S/C56H64N8O14/c1-33-22-38-28-57-41-26-46(44(74-4)24-39(41)53(70)62(38)30-33)76-20-10-7-11-21-77-47-27-42-40(25-45(47)75-5)54(71)63-31-34(2)23-43(63)55(72)64(42)56(73)78-32-36-13-15-37(16-14-36)60-52(69)35(3)59-49(66)29-58-48(65)12-8-6-9-19-61-50(67)17-18-51(61)68/h13-18,24-28,30-31,35,38,43,55,72H,6-12,19-23,29,32H2,1-5H3,(H,58,65)(H,59,66)(H,60,69). The lowest BCUT2D eigenvalue weighted by Crippen LogP contribution is -2.50. The monoisotopic (exact) mass is 1070 g/mol. The molecule has 5 heterocycles. The number of aliphatic hydroxyl groups is 1. The Balaban J connectivity index is 0.813. The number of methoxy groups -OCH3 is 2. The molecule has 0 aliphatic carbocycles. The predicted molar refractivity (Wildman–Crippen MR) is 284 cm³/mol. The Kier molecular flexibility index (Phi) is 17.9. The van der Waals surface area contributed by atoms with Gasteiger partial charge in [-0.3, -0.25) is 43.5 Å². The van der Waals surface area contributed by atoms with Gasteiger partial charge in [0.05, 0.1) is 68.6 Å². The van der Waals surface area contributed by atoms with Crippen LogP contribution in [-0.2, 0) is 35.3 Å². The van der Waals surface area contributed by atoms with Crippen molar-refractivity contribution in [2.75, 3.05) is 50.7 Å². The van der Waals surface area contributed by atoms with Crippen molar-refractivity contribution in [2.24, 2.45) is 4.99 Å². The molecular formula is C56H64N8O14. The lowest BCUT2D eigenvalue weighted by Gasteiger charge is -2.31. The third-order valence-electron chi connectivity index (χ3n) is 13.7. The van der Waals surface area contributed by atoms with Crippen molar-refractivity contribution in [2.45, 2.75) is 110 Å². The van der Waals surface area contributed by atoms with Gasteiger partial charge < -0.3 is 54.5 Å². The minimum absolute atomic E-state index is 0.0642. The zero-order chi connectivity index (χ0) is 55.6. The van der Waals surface area contributed by atoms with Gasteiger partial charge in [-0.1, -0.05) is 29.7 Å². The third-order valence-corrected chi connectivity index (χ3v) is 13.7. The van der Waals surface area contributed by atoms with Crippen LogP contribution in [0.2, 0.25) is 0 Å². The lowest BCUT2D eigenvalue weighted by atomic mass is 10.1. The molecule has 412 valence electrons. The van der Waals surface area contributed by atoms with E-state index in [-0.39, 0.29) is 85.1 Å². The number of hydrogen-bond donors (Lipinski definition) is 4. The van der Waals surface area contributed by atoms with Gasteiger partial charge in [0.2, 0.25) is 17.7 Å². The molecule has 22 nitrogen and oxygen atoms in total. The number of anilines is 2. The van der Waals surface area contributed by atoms with Crippen LogP contribution in [0.25, 0.3) is 0 Å². The summed E-state index contributed by atoms with van der Waals surface area (Å²) in [6.07, 6.45) is 10.1. The molecule has 4 atom stereocenters. The highest BCUT2D eigenvalue weighted by Gasteiger charge is 2.45. The van der Waals surface area contributed by atoms with Gasteiger partial charge >= 0.3 is 6.09 Å². The minimum atomic E-state index is -1.51. The van der Waals surface area contributed by atoms with Gasteiger partial charge in [-0.15, -0.1) is 0 Å². The van der Waals surface area contributed by atoms with E-state index in [0.29, 0.717) is 85.6 Å². The fourth-order valence-corrected chi connectivity index (χ4v) is 9.58. The zero-order valence-electron chi connectivity index (χ0n) is 44.2. The molecule has 3 aromatic rings. The summed E-state index contributed by atoms with van der Waals surface area (Å²) < 4.78 is 29.3. The molecule has 8 amide bonds. The number of aliphatic hydroxyl groups excluding tert-OH is 1. The first-order valence-corrected chi connectivity index (χ1v) is 25.9. The number of nitrogens with one attached hydrogen (secondary N) is 3. The molecule has 0 radical (unpaired) electrons. The SMILES string of the molecule is COc1cc2c(cc1OCCCCCOc1cc3c(cc1OC)C(=O)N1C=C(C)CC1C(O)N3C(=O)OCc1ccc(NC(=O)C(C)NC(=O)CNC(=O)CCCCCN3C(=O)C=CC3=O)cc1)N=CC1CC(C)=CN1C2=O. The van der Waals surface area contributed by atoms with Crippen LogP contribution in [0.5, 0.6) is 23.0 Å². The summed E-state index contributed by atoms with van der Waals surface area (Å²) in [6, 6.07) is 10.9. The number of aliphatic imine (C=N–C) groups is 1. The third kappa shape index (κ3) is 13.0. The van der Waals surface area contributed by atoms with Crippen LogP contribution in [-0.4, -0.2) is 138 Å². The van der Waals surface area contributed by atoms with E-state index in [4.69, 9.17) is 23.7 Å². The number of rotatable bonds is 23. The summed E-state index contributed by atoms with van der Waals surface area (Å²) in [5, 5.41) is 19.6. The van der Waals surface area contributed by atoms with Crippen molar-refractivity contribution in [3.8, 4) is 23.0 Å². The molecule has 5 aliphatic rings. The molecule has 0 bridgehead atoms. The molecule has 5 aliphatic heterocycles. The molecule has 78 heavy (non-hydrogen) atoms. The van der Waals surface area contributed by atoms with Crippen molar-refractivity contribution >= 4 is 70.7 Å². The smallest absolute Gasteiger partial charge is 0.416 e. The Morgan fingerprint density at radius 2 is 1.37 bits per heavy atom. The quantitative estimate of drug-likeness (QED) is 0.0646. The molecule has 0 saturated carbocycles. The number of nitrogens with zero attached hydrogens (tertiary/aromatic N) is 5. The molecule has 3 aromatic carbocycles. The Morgan fingerprint density at radius 3 is 2.06 bits per heavy atom. The molecule has 0 spiro atoms. The molecule has 22 heteroatoms. The number of unbranched alkanes of at least 4 members (excludes halogenated alkanes) is 4. The van der Waals surface area contributed by atoms with Crippen molar-refractivity contribution < 1.29 is 67.1 Å². The van der Waals surface area contributed by atoms with Crippen LogP contribution in [0.15, 0.2) is 89.2 Å². The van der Waals surface area contributed by atoms with E-state index in [0.717, 1.165) is 27.4 Å². The number of benzene rings is 3. The number of hydrogen-bond acceptors (Lipinski definition) is 15. The van der Waals surface area contributed by atoms with E-state index in [9.17, 15) is 43.5 Å². The molecule has 4 unspecified atom stereocenters. The molecule has 0 fully saturated rings. The van der Waals surface area contributed by atoms with Gasteiger partial charge in [0.15, 0.2) is 29.2 Å². The Hall–Kier alpha value is -8.53. The predicted octanol–water partition coefficient (Wildman–Crippen LogP) is 5.80. The van der Waals surface area contributed by atoms with Gasteiger partial charge in [0.25, 0.3) is 23.6 Å².